The van der Waals surface area contributed by atoms with Crippen molar-refractivity contribution in [3.8, 4) is 0 Å². The van der Waals surface area contributed by atoms with Crippen molar-refractivity contribution in [2.45, 2.75) is 19.8 Å². The van der Waals surface area contributed by atoms with Crippen molar-refractivity contribution in [2.24, 2.45) is 0 Å². The molecule has 7 nitrogen and oxygen atoms in total. The van der Waals surface area contributed by atoms with Gasteiger partial charge in [-0.15, -0.1) is 0 Å². The number of H-pyrrole nitrogens is 1. The fraction of sp³-hybridized carbons (Fsp3) is 0.217. The third-order valence-corrected chi connectivity index (χ3v) is 6.41. The van der Waals surface area contributed by atoms with Crippen molar-refractivity contribution >= 4 is 39.2 Å². The fourth-order valence-electron chi connectivity index (χ4n) is 3.39. The highest BCUT2D eigenvalue weighted by Gasteiger charge is 2.26. The number of nitrogens with one attached hydrogen (secondary N) is 1. The summed E-state index contributed by atoms with van der Waals surface area (Å²) in [5.74, 6) is -0.242. The maximum Gasteiger partial charge on any atom is 0.428 e. The predicted molar refractivity (Wildman–Crippen MR) is 124 cm³/mol. The smallest absolute Gasteiger partial charge is 0.428 e. The molecule has 1 aromatic heterocycles. The zero-order valence-corrected chi connectivity index (χ0v) is 19.6. The second kappa shape index (κ2) is 9.18. The molecule has 0 aliphatic rings. The van der Waals surface area contributed by atoms with Crippen molar-refractivity contribution in [2.75, 3.05) is 17.7 Å². The number of carbonyl (C=O) groups is 2. The number of benzene rings is 2. The summed E-state index contributed by atoms with van der Waals surface area (Å²) in [7, 11) is -2.73. The van der Waals surface area contributed by atoms with Gasteiger partial charge in [-0.3, -0.25) is 4.79 Å². The molecule has 0 spiro atoms. The number of nitrogens with zero attached hydrogens (tertiary/aromatic N) is 1. The fourth-order valence-corrected chi connectivity index (χ4v) is 4.37. The minimum Gasteiger partial charge on any atom is -0.452 e. The maximum atomic E-state index is 12.9. The Balaban J connectivity index is 1.87. The number of halogens is 1. The van der Waals surface area contributed by atoms with Gasteiger partial charge in [-0.2, -0.15) is 4.31 Å². The Labute approximate surface area is 192 Å². The standard InChI is InChI=1S/C23H23ClN2O5S/c1-14-13-20(25-21(14)22(27)17-5-9-18(24)10-6-17)15(2)16-7-11-19(12-8-16)26(23(28)31-3)32(4,29)30/h5-13,15,25H,1-4H3. The second-order valence-electron chi connectivity index (χ2n) is 7.43. The highest BCUT2D eigenvalue weighted by Crippen LogP contribution is 2.29. The molecule has 0 aliphatic carbocycles. The van der Waals surface area contributed by atoms with E-state index in [2.05, 4.69) is 9.72 Å². The topological polar surface area (TPSA) is 96.5 Å². The summed E-state index contributed by atoms with van der Waals surface area (Å²) in [6.07, 6.45) is -0.0554. The van der Waals surface area contributed by atoms with Crippen LogP contribution in [-0.2, 0) is 14.8 Å². The molecule has 1 atom stereocenters. The van der Waals surface area contributed by atoms with Crippen LogP contribution in [0.5, 0.6) is 0 Å². The molecule has 168 valence electrons. The number of aromatic amines is 1. The Morgan fingerprint density at radius 2 is 1.66 bits per heavy atom. The van der Waals surface area contributed by atoms with Crippen LogP contribution in [0.2, 0.25) is 5.02 Å². The molecular formula is C23H23ClN2O5S. The average Bonchev–Trinajstić information content (AvgIpc) is 3.14. The first-order chi connectivity index (χ1) is 15.0. The molecule has 1 heterocycles. The van der Waals surface area contributed by atoms with E-state index in [1.54, 1.807) is 48.5 Å². The molecule has 3 rings (SSSR count). The molecule has 0 saturated carbocycles. The van der Waals surface area contributed by atoms with Gasteiger partial charge in [0.15, 0.2) is 0 Å². The summed E-state index contributed by atoms with van der Waals surface area (Å²) in [6.45, 7) is 3.82. The van der Waals surface area contributed by atoms with Crippen LogP contribution in [0.25, 0.3) is 0 Å². The van der Waals surface area contributed by atoms with E-state index < -0.39 is 16.1 Å². The minimum atomic E-state index is -3.85. The number of hydrogen-bond donors (Lipinski definition) is 1. The number of sulfonamides is 1. The van der Waals surface area contributed by atoms with Gasteiger partial charge in [0.2, 0.25) is 15.8 Å². The summed E-state index contributed by atoms with van der Waals surface area (Å²) < 4.78 is 29.2. The Morgan fingerprint density at radius 1 is 1.06 bits per heavy atom. The summed E-state index contributed by atoms with van der Waals surface area (Å²) in [6, 6.07) is 15.2. The molecule has 0 fully saturated rings. The normalized spacial score (nSPS) is 12.3. The second-order valence-corrected chi connectivity index (χ2v) is 9.70. The summed E-state index contributed by atoms with van der Waals surface area (Å²) in [5.41, 5.74) is 3.74. The van der Waals surface area contributed by atoms with Gasteiger partial charge in [0.05, 0.1) is 24.7 Å². The molecule has 2 aromatic carbocycles. The molecular weight excluding hydrogens is 452 g/mol. The van der Waals surface area contributed by atoms with Crippen LogP contribution in [0, 0.1) is 6.92 Å². The van der Waals surface area contributed by atoms with Crippen LogP contribution >= 0.6 is 11.6 Å². The molecule has 0 aliphatic heterocycles. The van der Waals surface area contributed by atoms with Crippen LogP contribution in [0.1, 0.15) is 45.7 Å². The summed E-state index contributed by atoms with van der Waals surface area (Å²) >= 11 is 5.91. The number of ether oxygens (including phenoxy) is 1. The van der Waals surface area contributed by atoms with Gasteiger partial charge < -0.3 is 9.72 Å². The van der Waals surface area contributed by atoms with Crippen LogP contribution in [0.4, 0.5) is 10.5 Å². The van der Waals surface area contributed by atoms with Gasteiger partial charge >= 0.3 is 6.09 Å². The number of aryl methyl sites for hydroxylation is 1. The van der Waals surface area contributed by atoms with Crippen molar-refractivity contribution < 1.29 is 22.7 Å². The molecule has 32 heavy (non-hydrogen) atoms. The van der Waals surface area contributed by atoms with Crippen molar-refractivity contribution in [1.29, 1.82) is 0 Å². The van der Waals surface area contributed by atoms with Crippen LogP contribution in [0.3, 0.4) is 0 Å². The van der Waals surface area contributed by atoms with Crippen LogP contribution < -0.4 is 4.31 Å². The van der Waals surface area contributed by atoms with E-state index in [1.807, 2.05) is 19.9 Å². The van der Waals surface area contributed by atoms with Gasteiger partial charge in [0.1, 0.15) is 0 Å². The lowest BCUT2D eigenvalue weighted by atomic mass is 9.97. The SMILES string of the molecule is COC(=O)N(c1ccc(C(C)c2cc(C)c(C(=O)c3ccc(Cl)cc3)[nH]2)cc1)S(C)(=O)=O. The van der Waals surface area contributed by atoms with Gasteiger partial charge in [0, 0.05) is 22.2 Å². The predicted octanol–water partition coefficient (Wildman–Crippen LogP) is 4.89. The number of rotatable bonds is 6. The molecule has 0 radical (unpaired) electrons. The Kier molecular flexibility index (Phi) is 6.76. The number of methoxy groups -OCH3 is 1. The Bertz CT molecular complexity index is 1250. The molecule has 1 N–H and O–H groups in total. The van der Waals surface area contributed by atoms with Gasteiger partial charge in [-0.25, -0.2) is 13.2 Å². The number of amides is 1. The number of ketones is 1. The van der Waals surface area contributed by atoms with Crippen LogP contribution in [0.15, 0.2) is 54.6 Å². The lowest BCUT2D eigenvalue weighted by molar-refractivity contribution is 0.103. The zero-order chi connectivity index (χ0) is 23.6. The van der Waals surface area contributed by atoms with E-state index in [9.17, 15) is 18.0 Å². The van der Waals surface area contributed by atoms with Gasteiger partial charge in [0.25, 0.3) is 0 Å². The number of carbonyl (C=O) groups excluding carboxylic acids is 2. The monoisotopic (exact) mass is 474 g/mol. The third-order valence-electron chi connectivity index (χ3n) is 5.14. The number of hydrogen-bond acceptors (Lipinski definition) is 5. The quantitative estimate of drug-likeness (QED) is 0.513. The van der Waals surface area contributed by atoms with E-state index in [-0.39, 0.29) is 17.4 Å². The molecule has 0 saturated heterocycles. The van der Waals surface area contributed by atoms with Crippen LogP contribution in [-0.4, -0.2) is 38.6 Å². The zero-order valence-electron chi connectivity index (χ0n) is 18.0. The van der Waals surface area contributed by atoms with E-state index >= 15 is 0 Å². The van der Waals surface area contributed by atoms with Crippen molar-refractivity contribution in [3.05, 3.63) is 87.7 Å². The molecule has 9 heteroatoms. The summed E-state index contributed by atoms with van der Waals surface area (Å²) in [5, 5.41) is 0.559. The number of anilines is 1. The first-order valence-electron chi connectivity index (χ1n) is 9.71. The van der Waals surface area contributed by atoms with Gasteiger partial charge in [-0.1, -0.05) is 30.7 Å². The Hall–Kier alpha value is -3.10. The lowest BCUT2D eigenvalue weighted by Crippen LogP contribution is -2.36. The van der Waals surface area contributed by atoms with Crippen molar-refractivity contribution in [1.82, 2.24) is 4.98 Å². The largest absolute Gasteiger partial charge is 0.452 e. The highest BCUT2D eigenvalue weighted by atomic mass is 35.5. The molecule has 1 amide bonds. The maximum absolute atomic E-state index is 12.9. The summed E-state index contributed by atoms with van der Waals surface area (Å²) in [4.78, 5) is 28.0. The van der Waals surface area contributed by atoms with Gasteiger partial charge in [-0.05, 0) is 60.5 Å². The molecule has 3 aromatic rings. The Morgan fingerprint density at radius 3 is 2.19 bits per heavy atom. The first kappa shape index (κ1) is 23.6. The highest BCUT2D eigenvalue weighted by molar-refractivity contribution is 7.92. The van der Waals surface area contributed by atoms with Crippen molar-refractivity contribution in [3.63, 3.8) is 0 Å². The lowest BCUT2D eigenvalue weighted by Gasteiger charge is -2.19. The molecule has 0 bridgehead atoms. The van der Waals surface area contributed by atoms with E-state index in [1.165, 1.54) is 0 Å². The third kappa shape index (κ3) is 4.87. The minimum absolute atomic E-state index is 0.112. The average molecular weight is 475 g/mol. The van der Waals surface area contributed by atoms with E-state index in [0.717, 1.165) is 30.2 Å². The van der Waals surface area contributed by atoms with E-state index in [4.69, 9.17) is 11.6 Å². The van der Waals surface area contributed by atoms with E-state index in [0.29, 0.717) is 20.6 Å². The molecule has 1 unspecified atom stereocenters. The first-order valence-corrected chi connectivity index (χ1v) is 11.9. The number of aromatic nitrogens is 1.